The van der Waals surface area contributed by atoms with E-state index >= 15 is 0 Å². The van der Waals surface area contributed by atoms with Crippen LogP contribution in [0.4, 0.5) is 0 Å². The summed E-state index contributed by atoms with van der Waals surface area (Å²) in [5.74, 6) is 1.65. The predicted molar refractivity (Wildman–Crippen MR) is 91.6 cm³/mol. The second-order valence-corrected chi connectivity index (χ2v) is 6.46. The Kier molecular flexibility index (Phi) is 4.80. The molecule has 0 spiro atoms. The van der Waals surface area contributed by atoms with Gasteiger partial charge in [0.15, 0.2) is 5.16 Å². The van der Waals surface area contributed by atoms with Crippen LogP contribution in [0.15, 0.2) is 64.5 Å². The molecule has 0 aliphatic heterocycles. The van der Waals surface area contributed by atoms with Crippen LogP contribution in [0.25, 0.3) is 5.69 Å². The molecular weight excluding hydrogens is 362 g/mol. The SMILES string of the molecule is COc1cccc(-n2cnnc2SCc2cccc(Br)c2)c1. The molecule has 3 aromatic rings. The van der Waals surface area contributed by atoms with E-state index in [2.05, 4.69) is 38.3 Å². The van der Waals surface area contributed by atoms with Crippen molar-refractivity contribution in [3.8, 4) is 11.4 Å². The van der Waals surface area contributed by atoms with E-state index in [9.17, 15) is 0 Å². The molecule has 0 unspecified atom stereocenters. The van der Waals surface area contributed by atoms with E-state index in [0.29, 0.717) is 0 Å². The lowest BCUT2D eigenvalue weighted by molar-refractivity contribution is 0.414. The first-order chi connectivity index (χ1) is 10.8. The van der Waals surface area contributed by atoms with Crippen molar-refractivity contribution < 1.29 is 4.74 Å². The van der Waals surface area contributed by atoms with Crippen molar-refractivity contribution in [1.29, 1.82) is 0 Å². The number of aromatic nitrogens is 3. The Hall–Kier alpha value is -1.79. The van der Waals surface area contributed by atoms with Crippen LogP contribution in [0.3, 0.4) is 0 Å². The zero-order valence-electron chi connectivity index (χ0n) is 11.9. The Labute approximate surface area is 141 Å². The number of ether oxygens (including phenoxy) is 1. The van der Waals surface area contributed by atoms with Crippen LogP contribution in [0.1, 0.15) is 5.56 Å². The number of thioether (sulfide) groups is 1. The fourth-order valence-electron chi connectivity index (χ4n) is 2.03. The van der Waals surface area contributed by atoms with E-state index in [1.165, 1.54) is 5.56 Å². The molecule has 0 amide bonds. The van der Waals surface area contributed by atoms with Crippen LogP contribution >= 0.6 is 27.7 Å². The molecule has 0 saturated carbocycles. The number of rotatable bonds is 5. The number of hydrogen-bond donors (Lipinski definition) is 0. The Morgan fingerprint density at radius 2 is 2.05 bits per heavy atom. The molecule has 0 fully saturated rings. The van der Waals surface area contributed by atoms with E-state index in [-0.39, 0.29) is 0 Å². The van der Waals surface area contributed by atoms with E-state index in [4.69, 9.17) is 4.74 Å². The molecule has 0 radical (unpaired) electrons. The molecule has 0 saturated heterocycles. The van der Waals surface area contributed by atoms with Crippen molar-refractivity contribution >= 4 is 27.7 Å². The highest BCUT2D eigenvalue weighted by Gasteiger charge is 2.08. The number of halogens is 1. The van der Waals surface area contributed by atoms with Gasteiger partial charge in [0.1, 0.15) is 12.1 Å². The quantitative estimate of drug-likeness (QED) is 0.622. The van der Waals surface area contributed by atoms with Crippen molar-refractivity contribution in [1.82, 2.24) is 14.8 Å². The largest absolute Gasteiger partial charge is 0.497 e. The Morgan fingerprint density at radius 1 is 1.18 bits per heavy atom. The van der Waals surface area contributed by atoms with Crippen LogP contribution in [0, 0.1) is 0 Å². The number of methoxy groups -OCH3 is 1. The molecule has 0 aliphatic carbocycles. The summed E-state index contributed by atoms with van der Waals surface area (Å²) >= 11 is 5.14. The summed E-state index contributed by atoms with van der Waals surface area (Å²) in [4.78, 5) is 0. The third kappa shape index (κ3) is 3.51. The lowest BCUT2D eigenvalue weighted by atomic mass is 10.2. The van der Waals surface area contributed by atoms with Crippen molar-refractivity contribution in [3.63, 3.8) is 0 Å². The smallest absolute Gasteiger partial charge is 0.195 e. The molecule has 1 aromatic heterocycles. The average Bonchev–Trinajstić information content (AvgIpc) is 3.01. The van der Waals surface area contributed by atoms with Crippen LogP contribution < -0.4 is 4.74 Å². The Morgan fingerprint density at radius 3 is 2.86 bits per heavy atom. The summed E-state index contributed by atoms with van der Waals surface area (Å²) in [5.41, 5.74) is 2.22. The molecule has 6 heteroatoms. The van der Waals surface area contributed by atoms with Gasteiger partial charge in [0.05, 0.1) is 12.8 Å². The van der Waals surface area contributed by atoms with E-state index in [1.807, 2.05) is 41.0 Å². The van der Waals surface area contributed by atoms with Crippen molar-refractivity contribution in [3.05, 3.63) is 64.9 Å². The minimum Gasteiger partial charge on any atom is -0.497 e. The first-order valence-electron chi connectivity index (χ1n) is 6.68. The Bertz CT molecular complexity index is 775. The minimum absolute atomic E-state index is 0.814. The molecule has 3 rings (SSSR count). The summed E-state index contributed by atoms with van der Waals surface area (Å²) in [6.45, 7) is 0. The van der Waals surface area contributed by atoms with Crippen LogP contribution in [-0.4, -0.2) is 21.9 Å². The van der Waals surface area contributed by atoms with Crippen LogP contribution in [0.5, 0.6) is 5.75 Å². The van der Waals surface area contributed by atoms with Crippen molar-refractivity contribution in [2.24, 2.45) is 0 Å². The molecule has 0 N–H and O–H groups in total. The maximum absolute atomic E-state index is 5.27. The number of nitrogens with zero attached hydrogens (tertiary/aromatic N) is 3. The highest BCUT2D eigenvalue weighted by atomic mass is 79.9. The summed E-state index contributed by atoms with van der Waals surface area (Å²) in [7, 11) is 1.66. The molecule has 4 nitrogen and oxygen atoms in total. The number of hydrogen-bond acceptors (Lipinski definition) is 4. The van der Waals surface area contributed by atoms with Gasteiger partial charge in [0.25, 0.3) is 0 Å². The van der Waals surface area contributed by atoms with Gasteiger partial charge in [-0.25, -0.2) is 0 Å². The minimum atomic E-state index is 0.814. The molecule has 0 bridgehead atoms. The van der Waals surface area contributed by atoms with Gasteiger partial charge in [0.2, 0.25) is 0 Å². The topological polar surface area (TPSA) is 39.9 Å². The zero-order chi connectivity index (χ0) is 15.4. The maximum Gasteiger partial charge on any atom is 0.195 e. The number of benzene rings is 2. The summed E-state index contributed by atoms with van der Waals surface area (Å²) in [6, 6.07) is 16.1. The summed E-state index contributed by atoms with van der Waals surface area (Å²) in [5, 5.41) is 9.09. The fourth-order valence-corrected chi connectivity index (χ4v) is 3.35. The van der Waals surface area contributed by atoms with Crippen molar-refractivity contribution in [2.75, 3.05) is 7.11 Å². The lowest BCUT2D eigenvalue weighted by Crippen LogP contribution is -1.96. The first kappa shape index (κ1) is 15.1. The summed E-state index contributed by atoms with van der Waals surface area (Å²) in [6.07, 6.45) is 1.72. The highest BCUT2D eigenvalue weighted by molar-refractivity contribution is 9.10. The fraction of sp³-hybridized carbons (Fsp3) is 0.125. The third-order valence-electron chi connectivity index (χ3n) is 3.10. The van der Waals surface area contributed by atoms with Gasteiger partial charge in [-0.05, 0) is 29.8 Å². The normalized spacial score (nSPS) is 10.6. The molecule has 22 heavy (non-hydrogen) atoms. The van der Waals surface area contributed by atoms with Crippen LogP contribution in [0.2, 0.25) is 0 Å². The molecule has 2 aromatic carbocycles. The average molecular weight is 376 g/mol. The monoisotopic (exact) mass is 375 g/mol. The van der Waals surface area contributed by atoms with Gasteiger partial charge >= 0.3 is 0 Å². The van der Waals surface area contributed by atoms with Gasteiger partial charge in [-0.1, -0.05) is 45.9 Å². The van der Waals surface area contributed by atoms with Crippen molar-refractivity contribution in [2.45, 2.75) is 10.9 Å². The van der Waals surface area contributed by atoms with Gasteiger partial charge in [-0.3, -0.25) is 4.57 Å². The molecule has 0 aliphatic rings. The maximum atomic E-state index is 5.27. The molecular formula is C16H14BrN3OS. The molecule has 1 heterocycles. The van der Waals surface area contributed by atoms with E-state index in [1.54, 1.807) is 25.2 Å². The highest BCUT2D eigenvalue weighted by Crippen LogP contribution is 2.25. The molecule has 112 valence electrons. The zero-order valence-corrected chi connectivity index (χ0v) is 14.3. The van der Waals surface area contributed by atoms with Gasteiger partial charge in [-0.15, -0.1) is 10.2 Å². The van der Waals surface area contributed by atoms with E-state index in [0.717, 1.165) is 26.8 Å². The standard InChI is InChI=1S/C16H14BrN3OS/c1-21-15-7-3-6-14(9-15)20-11-18-19-16(20)22-10-12-4-2-5-13(17)8-12/h2-9,11H,10H2,1H3. The molecule has 0 atom stereocenters. The first-order valence-corrected chi connectivity index (χ1v) is 8.46. The van der Waals surface area contributed by atoms with E-state index < -0.39 is 0 Å². The Balaban J connectivity index is 1.80. The third-order valence-corrected chi connectivity index (χ3v) is 4.61. The van der Waals surface area contributed by atoms with Gasteiger partial charge in [0, 0.05) is 16.3 Å². The van der Waals surface area contributed by atoms with Crippen LogP contribution in [-0.2, 0) is 5.75 Å². The summed E-state index contributed by atoms with van der Waals surface area (Å²) < 4.78 is 8.32. The lowest BCUT2D eigenvalue weighted by Gasteiger charge is -2.08. The van der Waals surface area contributed by atoms with Gasteiger partial charge in [-0.2, -0.15) is 0 Å². The second kappa shape index (κ2) is 6.98. The predicted octanol–water partition coefficient (Wildman–Crippen LogP) is 4.33. The second-order valence-electron chi connectivity index (χ2n) is 4.60. The van der Waals surface area contributed by atoms with Gasteiger partial charge < -0.3 is 4.74 Å².